The lowest BCUT2D eigenvalue weighted by molar-refractivity contribution is -0.144. The fourth-order valence-corrected chi connectivity index (χ4v) is 4.08. The highest BCUT2D eigenvalue weighted by atomic mass is 79.9. The molecule has 0 heterocycles. The first-order chi connectivity index (χ1) is 15.5. The van der Waals surface area contributed by atoms with Crippen molar-refractivity contribution in [1.29, 1.82) is 0 Å². The van der Waals surface area contributed by atoms with E-state index in [1.54, 1.807) is 0 Å². The van der Waals surface area contributed by atoms with Gasteiger partial charge in [0.15, 0.2) is 0 Å². The predicted octanol–water partition coefficient (Wildman–Crippen LogP) is 7.31. The second kappa shape index (κ2) is 14.3. The molecular weight excluding hydrogens is 468 g/mol. The first-order valence-electron chi connectivity index (χ1n) is 11.9. The number of benzene rings is 2. The Hall–Kier alpha value is -1.88. The molecule has 0 spiro atoms. The molecule has 2 rings (SSSR count). The van der Waals surface area contributed by atoms with Gasteiger partial charge in [0.05, 0.1) is 12.5 Å². The van der Waals surface area contributed by atoms with E-state index < -0.39 is 0 Å². The van der Waals surface area contributed by atoms with E-state index in [-0.39, 0.29) is 17.9 Å². The number of unbranched alkanes of at least 4 members (excludes halogenated alkanes) is 4. The predicted molar refractivity (Wildman–Crippen MR) is 135 cm³/mol. The minimum atomic E-state index is -0.175. The largest absolute Gasteiger partial charge is 0.466 e. The topological polar surface area (TPSA) is 52.6 Å². The van der Waals surface area contributed by atoms with Crippen molar-refractivity contribution in [3.05, 3.63) is 41.5 Å². The van der Waals surface area contributed by atoms with E-state index in [0.29, 0.717) is 18.8 Å². The summed E-state index contributed by atoms with van der Waals surface area (Å²) in [7, 11) is 0. The SMILES string of the molecule is CCC(C)C(=O)Oc1cccc2ccc(C)c(CCCCCCC(=O)OCCCCBr)c12. The molecule has 32 heavy (non-hydrogen) atoms. The summed E-state index contributed by atoms with van der Waals surface area (Å²) in [6, 6.07) is 10.2. The maximum absolute atomic E-state index is 12.4. The number of carbonyl (C=O) groups excluding carboxylic acids is 2. The zero-order valence-electron chi connectivity index (χ0n) is 19.8. The first kappa shape index (κ1) is 26.4. The molecule has 0 aromatic heterocycles. The number of alkyl halides is 1. The standard InChI is InChI=1S/C27H37BrO4/c1-4-20(2)27(30)32-24-14-11-12-22-17-16-21(3)23(26(22)24)13-7-5-6-8-15-25(29)31-19-10-9-18-28/h11-12,14,16-17,20H,4-10,13,15,18-19H2,1-3H3. The Morgan fingerprint density at radius 1 is 1.00 bits per heavy atom. The summed E-state index contributed by atoms with van der Waals surface area (Å²) in [6.07, 6.45) is 8.10. The van der Waals surface area contributed by atoms with Crippen LogP contribution in [0.5, 0.6) is 5.75 Å². The third-order valence-corrected chi connectivity index (χ3v) is 6.48. The molecule has 0 aliphatic heterocycles. The van der Waals surface area contributed by atoms with Crippen molar-refractivity contribution >= 4 is 38.6 Å². The number of rotatable bonds is 14. The Bertz CT molecular complexity index is 877. The molecule has 1 atom stereocenters. The molecule has 0 aliphatic rings. The Kier molecular flexibility index (Phi) is 11.8. The molecule has 0 aliphatic carbocycles. The van der Waals surface area contributed by atoms with Crippen molar-refractivity contribution in [1.82, 2.24) is 0 Å². The van der Waals surface area contributed by atoms with E-state index >= 15 is 0 Å². The maximum Gasteiger partial charge on any atom is 0.314 e. The second-order valence-electron chi connectivity index (χ2n) is 8.48. The second-order valence-corrected chi connectivity index (χ2v) is 9.27. The molecule has 4 nitrogen and oxygen atoms in total. The Labute approximate surface area is 201 Å². The lowest BCUT2D eigenvalue weighted by Gasteiger charge is -2.16. The summed E-state index contributed by atoms with van der Waals surface area (Å²) in [5, 5.41) is 3.10. The quantitative estimate of drug-likeness (QED) is 0.117. The van der Waals surface area contributed by atoms with E-state index in [1.807, 2.05) is 26.0 Å². The smallest absolute Gasteiger partial charge is 0.314 e. The van der Waals surface area contributed by atoms with Crippen LogP contribution in [0, 0.1) is 12.8 Å². The summed E-state index contributed by atoms with van der Waals surface area (Å²) < 4.78 is 11.1. The number of ether oxygens (including phenoxy) is 2. The fraction of sp³-hybridized carbons (Fsp3) is 0.556. The zero-order chi connectivity index (χ0) is 23.3. The van der Waals surface area contributed by atoms with Gasteiger partial charge in [0.25, 0.3) is 0 Å². The number of hydrogen-bond acceptors (Lipinski definition) is 4. The van der Waals surface area contributed by atoms with Crippen molar-refractivity contribution < 1.29 is 19.1 Å². The van der Waals surface area contributed by atoms with Gasteiger partial charge in [0.2, 0.25) is 0 Å². The van der Waals surface area contributed by atoms with Crippen molar-refractivity contribution in [2.75, 3.05) is 11.9 Å². The van der Waals surface area contributed by atoms with Gasteiger partial charge in [-0.2, -0.15) is 0 Å². The van der Waals surface area contributed by atoms with Gasteiger partial charge in [-0.15, -0.1) is 0 Å². The third-order valence-electron chi connectivity index (χ3n) is 5.92. The minimum absolute atomic E-state index is 0.0859. The summed E-state index contributed by atoms with van der Waals surface area (Å²) in [6.45, 7) is 6.54. The Balaban J connectivity index is 1.91. The molecule has 0 radical (unpaired) electrons. The van der Waals surface area contributed by atoms with Crippen molar-refractivity contribution in [3.63, 3.8) is 0 Å². The molecule has 0 fully saturated rings. The number of aryl methyl sites for hydroxylation is 2. The molecule has 5 heteroatoms. The van der Waals surface area contributed by atoms with Gasteiger partial charge < -0.3 is 9.47 Å². The number of esters is 2. The maximum atomic E-state index is 12.4. The number of halogens is 1. The van der Waals surface area contributed by atoms with Crippen molar-refractivity contribution in [3.8, 4) is 5.75 Å². The Morgan fingerprint density at radius 3 is 2.53 bits per heavy atom. The van der Waals surface area contributed by atoms with Gasteiger partial charge in [0, 0.05) is 17.1 Å². The van der Waals surface area contributed by atoms with Crippen LogP contribution in [-0.2, 0) is 20.7 Å². The average molecular weight is 505 g/mol. The van der Waals surface area contributed by atoms with Crippen LogP contribution in [0.2, 0.25) is 0 Å². The van der Waals surface area contributed by atoms with E-state index in [4.69, 9.17) is 9.47 Å². The zero-order valence-corrected chi connectivity index (χ0v) is 21.3. The van der Waals surface area contributed by atoms with Crippen LogP contribution in [0.4, 0.5) is 0 Å². The molecule has 0 saturated heterocycles. The van der Waals surface area contributed by atoms with Gasteiger partial charge in [-0.3, -0.25) is 9.59 Å². The molecule has 176 valence electrons. The highest BCUT2D eigenvalue weighted by molar-refractivity contribution is 9.09. The number of carbonyl (C=O) groups is 2. The lowest BCUT2D eigenvalue weighted by atomic mass is 9.94. The molecule has 0 bridgehead atoms. The average Bonchev–Trinajstić information content (AvgIpc) is 2.79. The van der Waals surface area contributed by atoms with Crippen LogP contribution in [-0.4, -0.2) is 23.9 Å². The van der Waals surface area contributed by atoms with Crippen molar-refractivity contribution in [2.24, 2.45) is 5.92 Å². The monoisotopic (exact) mass is 504 g/mol. The molecule has 2 aromatic carbocycles. The van der Waals surface area contributed by atoms with Crippen LogP contribution in [0.1, 0.15) is 76.3 Å². The van der Waals surface area contributed by atoms with Gasteiger partial charge in [-0.25, -0.2) is 0 Å². The van der Waals surface area contributed by atoms with Crippen LogP contribution in [0.25, 0.3) is 10.8 Å². The van der Waals surface area contributed by atoms with Gasteiger partial charge >= 0.3 is 11.9 Å². The van der Waals surface area contributed by atoms with Gasteiger partial charge in [-0.1, -0.05) is 66.9 Å². The number of hydrogen-bond donors (Lipinski definition) is 0. The van der Waals surface area contributed by atoms with Crippen LogP contribution in [0.3, 0.4) is 0 Å². The first-order valence-corrected chi connectivity index (χ1v) is 13.0. The molecule has 1 unspecified atom stereocenters. The Morgan fingerprint density at radius 2 is 1.78 bits per heavy atom. The molecule has 0 saturated carbocycles. The van der Waals surface area contributed by atoms with Crippen LogP contribution < -0.4 is 4.74 Å². The highest BCUT2D eigenvalue weighted by Crippen LogP contribution is 2.33. The van der Waals surface area contributed by atoms with Crippen molar-refractivity contribution in [2.45, 2.75) is 78.6 Å². The van der Waals surface area contributed by atoms with E-state index in [1.165, 1.54) is 11.1 Å². The van der Waals surface area contributed by atoms with Gasteiger partial charge in [-0.05, 0) is 68.0 Å². The van der Waals surface area contributed by atoms with E-state index in [0.717, 1.165) is 67.5 Å². The summed E-state index contributed by atoms with van der Waals surface area (Å²) in [5.74, 6) is 0.285. The fourth-order valence-electron chi connectivity index (χ4n) is 3.68. The molecule has 2 aromatic rings. The third kappa shape index (κ3) is 8.23. The highest BCUT2D eigenvalue weighted by Gasteiger charge is 2.17. The summed E-state index contributed by atoms with van der Waals surface area (Å²) in [5.41, 5.74) is 2.47. The van der Waals surface area contributed by atoms with E-state index in [9.17, 15) is 9.59 Å². The minimum Gasteiger partial charge on any atom is -0.466 e. The van der Waals surface area contributed by atoms with E-state index in [2.05, 4.69) is 41.1 Å². The molecular formula is C27H37BrO4. The van der Waals surface area contributed by atoms with Gasteiger partial charge in [0.1, 0.15) is 5.75 Å². The normalized spacial score (nSPS) is 12.0. The number of fused-ring (bicyclic) bond motifs is 1. The van der Waals surface area contributed by atoms with Crippen LogP contribution >= 0.6 is 15.9 Å². The molecule has 0 amide bonds. The lowest BCUT2D eigenvalue weighted by Crippen LogP contribution is -2.17. The van der Waals surface area contributed by atoms with Crippen LogP contribution in [0.15, 0.2) is 30.3 Å². The molecule has 0 N–H and O–H groups in total. The summed E-state index contributed by atoms with van der Waals surface area (Å²) >= 11 is 3.38. The summed E-state index contributed by atoms with van der Waals surface area (Å²) in [4.78, 5) is 24.2.